The minimum atomic E-state index is 0.173. The molecule has 1 aromatic rings. The number of terminal acetylenes is 1. The van der Waals surface area contributed by atoms with Crippen molar-refractivity contribution in [3.63, 3.8) is 0 Å². The first-order valence-corrected chi connectivity index (χ1v) is 5.28. The molecule has 0 aliphatic rings. The summed E-state index contributed by atoms with van der Waals surface area (Å²) in [6.45, 7) is 3.95. The third kappa shape index (κ3) is 2.74. The third-order valence-electron chi connectivity index (χ3n) is 2.47. The largest absolute Gasteiger partial charge is 0.365 e. The van der Waals surface area contributed by atoms with Gasteiger partial charge in [0.2, 0.25) is 0 Å². The summed E-state index contributed by atoms with van der Waals surface area (Å²) in [6, 6.07) is 4.16. The molecule has 0 aliphatic carbocycles. The number of pyridine rings is 1. The Morgan fingerprint density at radius 2 is 2.38 bits per heavy atom. The molecule has 0 radical (unpaired) electrons. The molecule has 1 aromatic heterocycles. The lowest BCUT2D eigenvalue weighted by molar-refractivity contribution is 0.711. The molecule has 1 rings (SSSR count). The van der Waals surface area contributed by atoms with Crippen molar-refractivity contribution in [3.8, 4) is 18.4 Å². The lowest BCUT2D eigenvalue weighted by Crippen LogP contribution is -2.19. The molecule has 1 N–H and O–H groups in total. The second-order valence-corrected chi connectivity index (χ2v) is 3.62. The highest BCUT2D eigenvalue weighted by Crippen LogP contribution is 2.17. The molecule has 3 nitrogen and oxygen atoms in total. The van der Waals surface area contributed by atoms with Crippen molar-refractivity contribution in [2.45, 2.75) is 32.7 Å². The summed E-state index contributed by atoms with van der Waals surface area (Å²) in [5, 5.41) is 12.3. The topological polar surface area (TPSA) is 48.7 Å². The maximum absolute atomic E-state index is 9.04. The van der Waals surface area contributed by atoms with Crippen LogP contribution in [0.15, 0.2) is 12.3 Å². The van der Waals surface area contributed by atoms with Crippen LogP contribution in [-0.4, -0.2) is 11.0 Å². The number of aryl methyl sites for hydroxylation is 1. The summed E-state index contributed by atoms with van der Waals surface area (Å²) in [5.41, 5.74) is 1.52. The van der Waals surface area contributed by atoms with Crippen LogP contribution in [0.3, 0.4) is 0 Å². The highest BCUT2D eigenvalue weighted by Gasteiger charge is 2.10. The second-order valence-electron chi connectivity index (χ2n) is 3.62. The molecule has 16 heavy (non-hydrogen) atoms. The number of nitrogens with zero attached hydrogens (tertiary/aromatic N) is 2. The minimum absolute atomic E-state index is 0.173. The van der Waals surface area contributed by atoms with E-state index in [-0.39, 0.29) is 6.04 Å². The monoisotopic (exact) mass is 213 g/mol. The van der Waals surface area contributed by atoms with E-state index in [0.29, 0.717) is 17.8 Å². The molecule has 1 heterocycles. The van der Waals surface area contributed by atoms with Crippen LogP contribution in [0.2, 0.25) is 0 Å². The standard InChI is InChI=1S/C13H15N3/c1-4-6-11(5-2)16-13-12(9-14)10(3)7-8-15-13/h1,7-8,11H,5-6H2,2-3H3,(H,15,16). The van der Waals surface area contributed by atoms with E-state index in [0.717, 1.165) is 12.0 Å². The molecular formula is C13H15N3. The van der Waals surface area contributed by atoms with Crippen LogP contribution in [0.4, 0.5) is 5.82 Å². The zero-order chi connectivity index (χ0) is 12.0. The first-order chi connectivity index (χ1) is 7.72. The third-order valence-corrected chi connectivity index (χ3v) is 2.47. The van der Waals surface area contributed by atoms with E-state index in [1.54, 1.807) is 6.20 Å². The van der Waals surface area contributed by atoms with Crippen molar-refractivity contribution >= 4 is 5.82 Å². The van der Waals surface area contributed by atoms with Gasteiger partial charge >= 0.3 is 0 Å². The summed E-state index contributed by atoms with van der Waals surface area (Å²) in [6.07, 6.45) is 8.52. The first kappa shape index (κ1) is 12.1. The Labute approximate surface area is 96.5 Å². The number of hydrogen-bond donors (Lipinski definition) is 1. The van der Waals surface area contributed by atoms with Crippen LogP contribution in [0.1, 0.15) is 30.9 Å². The van der Waals surface area contributed by atoms with E-state index in [1.807, 2.05) is 13.0 Å². The van der Waals surface area contributed by atoms with Crippen LogP contribution in [0, 0.1) is 30.6 Å². The Morgan fingerprint density at radius 1 is 1.62 bits per heavy atom. The van der Waals surface area contributed by atoms with Crippen molar-refractivity contribution in [1.29, 1.82) is 5.26 Å². The molecule has 0 fully saturated rings. The lowest BCUT2D eigenvalue weighted by atomic mass is 10.1. The number of aromatic nitrogens is 1. The molecule has 0 saturated heterocycles. The summed E-state index contributed by atoms with van der Waals surface area (Å²) < 4.78 is 0. The highest BCUT2D eigenvalue weighted by atomic mass is 15.0. The Morgan fingerprint density at radius 3 is 2.94 bits per heavy atom. The lowest BCUT2D eigenvalue weighted by Gasteiger charge is -2.16. The molecule has 0 spiro atoms. The van der Waals surface area contributed by atoms with E-state index in [4.69, 9.17) is 11.7 Å². The fraction of sp³-hybridized carbons (Fsp3) is 0.385. The van der Waals surface area contributed by atoms with Gasteiger partial charge in [0.15, 0.2) is 0 Å². The van der Waals surface area contributed by atoms with Crippen LogP contribution in [0.25, 0.3) is 0 Å². The van der Waals surface area contributed by atoms with Gasteiger partial charge in [-0.3, -0.25) is 0 Å². The van der Waals surface area contributed by atoms with Gasteiger partial charge < -0.3 is 5.32 Å². The normalized spacial score (nSPS) is 11.2. The summed E-state index contributed by atoms with van der Waals surface area (Å²) in [4.78, 5) is 4.18. The van der Waals surface area contributed by atoms with E-state index in [2.05, 4.69) is 29.2 Å². The maximum Gasteiger partial charge on any atom is 0.144 e. The van der Waals surface area contributed by atoms with Gasteiger partial charge in [0.25, 0.3) is 0 Å². The zero-order valence-corrected chi connectivity index (χ0v) is 9.62. The fourth-order valence-corrected chi connectivity index (χ4v) is 1.44. The Bertz CT molecular complexity index is 437. The molecule has 0 saturated carbocycles. The number of nitrogens with one attached hydrogen (secondary N) is 1. The predicted octanol–water partition coefficient (Wildman–Crippen LogP) is 2.48. The van der Waals surface area contributed by atoms with Crippen molar-refractivity contribution in [2.24, 2.45) is 0 Å². The molecule has 1 unspecified atom stereocenters. The average Bonchev–Trinajstić information content (AvgIpc) is 2.28. The van der Waals surface area contributed by atoms with E-state index in [1.165, 1.54) is 0 Å². The summed E-state index contributed by atoms with van der Waals surface area (Å²) in [7, 11) is 0. The molecule has 0 amide bonds. The molecule has 0 aromatic carbocycles. The Kier molecular flexibility index (Phi) is 4.36. The van der Waals surface area contributed by atoms with Crippen LogP contribution in [0.5, 0.6) is 0 Å². The van der Waals surface area contributed by atoms with E-state index >= 15 is 0 Å². The Balaban J connectivity index is 2.93. The molecule has 1 atom stereocenters. The van der Waals surface area contributed by atoms with Gasteiger partial charge in [0, 0.05) is 18.7 Å². The number of anilines is 1. The van der Waals surface area contributed by atoms with Crippen molar-refractivity contribution in [1.82, 2.24) is 4.98 Å². The summed E-state index contributed by atoms with van der Waals surface area (Å²) >= 11 is 0. The van der Waals surface area contributed by atoms with Crippen molar-refractivity contribution in [2.75, 3.05) is 5.32 Å². The maximum atomic E-state index is 9.04. The minimum Gasteiger partial charge on any atom is -0.365 e. The van der Waals surface area contributed by atoms with Crippen LogP contribution in [-0.2, 0) is 0 Å². The van der Waals surface area contributed by atoms with Gasteiger partial charge in [0.1, 0.15) is 11.9 Å². The second kappa shape index (κ2) is 5.78. The van der Waals surface area contributed by atoms with E-state index in [9.17, 15) is 0 Å². The molecule has 82 valence electrons. The smallest absolute Gasteiger partial charge is 0.144 e. The number of rotatable bonds is 4. The van der Waals surface area contributed by atoms with Gasteiger partial charge in [-0.25, -0.2) is 4.98 Å². The van der Waals surface area contributed by atoms with Crippen molar-refractivity contribution < 1.29 is 0 Å². The SMILES string of the molecule is C#CCC(CC)Nc1nccc(C)c1C#N. The first-order valence-electron chi connectivity index (χ1n) is 5.28. The van der Waals surface area contributed by atoms with Gasteiger partial charge in [-0.1, -0.05) is 6.92 Å². The molecule has 0 bridgehead atoms. The van der Waals surface area contributed by atoms with Gasteiger partial charge in [-0.05, 0) is 25.0 Å². The van der Waals surface area contributed by atoms with Gasteiger partial charge in [-0.15, -0.1) is 12.3 Å². The van der Waals surface area contributed by atoms with Crippen LogP contribution >= 0.6 is 0 Å². The molecular weight excluding hydrogens is 198 g/mol. The average molecular weight is 213 g/mol. The fourth-order valence-electron chi connectivity index (χ4n) is 1.44. The molecule has 0 aliphatic heterocycles. The molecule has 3 heteroatoms. The van der Waals surface area contributed by atoms with Gasteiger partial charge in [0.05, 0.1) is 5.56 Å². The number of hydrogen-bond acceptors (Lipinski definition) is 3. The Hall–Kier alpha value is -2.00. The zero-order valence-electron chi connectivity index (χ0n) is 9.62. The van der Waals surface area contributed by atoms with Crippen molar-refractivity contribution in [3.05, 3.63) is 23.4 Å². The van der Waals surface area contributed by atoms with E-state index < -0.39 is 0 Å². The number of nitriles is 1. The predicted molar refractivity (Wildman–Crippen MR) is 64.8 cm³/mol. The van der Waals surface area contributed by atoms with Crippen LogP contribution < -0.4 is 5.32 Å². The summed E-state index contributed by atoms with van der Waals surface area (Å²) in [5.74, 6) is 3.25. The quantitative estimate of drug-likeness (QED) is 0.782. The van der Waals surface area contributed by atoms with Gasteiger partial charge in [-0.2, -0.15) is 5.26 Å². The highest BCUT2D eigenvalue weighted by molar-refractivity contribution is 5.55.